The van der Waals surface area contributed by atoms with E-state index in [4.69, 9.17) is 15.3 Å². The molecule has 0 aliphatic rings. The van der Waals surface area contributed by atoms with Crippen molar-refractivity contribution in [2.75, 3.05) is 0 Å². The number of carboxylic acids is 3. The van der Waals surface area contributed by atoms with Gasteiger partial charge >= 0.3 is 17.9 Å². The summed E-state index contributed by atoms with van der Waals surface area (Å²) in [7, 11) is 0. The maximum atomic E-state index is 10.9. The van der Waals surface area contributed by atoms with Crippen LogP contribution in [0.4, 0.5) is 0 Å². The first-order chi connectivity index (χ1) is 7.75. The van der Waals surface area contributed by atoms with Gasteiger partial charge in [-0.15, -0.1) is 0 Å². The second-order valence-corrected chi connectivity index (χ2v) is 3.45. The average molecular weight is 246 g/mol. The first-order valence-electron chi connectivity index (χ1n) is 4.82. The molecule has 2 atom stereocenters. The molecule has 0 aromatic rings. The summed E-state index contributed by atoms with van der Waals surface area (Å²) in [4.78, 5) is 32.2. The van der Waals surface area contributed by atoms with Gasteiger partial charge < -0.3 is 20.4 Å². The summed E-state index contributed by atoms with van der Waals surface area (Å²) < 4.78 is 0. The Morgan fingerprint density at radius 3 is 2.06 bits per heavy atom. The minimum atomic E-state index is -2.86. The molecule has 0 amide bonds. The summed E-state index contributed by atoms with van der Waals surface area (Å²) >= 11 is 0. The van der Waals surface area contributed by atoms with Crippen molar-refractivity contribution in [1.29, 1.82) is 0 Å². The van der Waals surface area contributed by atoms with E-state index in [1.165, 1.54) is 6.08 Å². The van der Waals surface area contributed by atoms with Crippen molar-refractivity contribution in [1.82, 2.24) is 0 Å². The van der Waals surface area contributed by atoms with E-state index in [0.717, 1.165) is 6.08 Å². The van der Waals surface area contributed by atoms with E-state index in [1.807, 2.05) is 0 Å². The fourth-order valence-electron chi connectivity index (χ4n) is 1.27. The van der Waals surface area contributed by atoms with Crippen LogP contribution < -0.4 is 0 Å². The SMILES string of the molecule is CC/C=C\C(C(=O)O)C(O)(CC(=O)O)C(=O)O. The first-order valence-corrected chi connectivity index (χ1v) is 4.82. The molecular formula is C10H14O7. The van der Waals surface area contributed by atoms with Gasteiger partial charge in [-0.05, 0) is 6.42 Å². The smallest absolute Gasteiger partial charge is 0.337 e. The number of aliphatic carboxylic acids is 3. The molecule has 96 valence electrons. The van der Waals surface area contributed by atoms with Crippen LogP contribution in [0.3, 0.4) is 0 Å². The number of rotatable bonds is 7. The number of aliphatic hydroxyl groups is 1. The largest absolute Gasteiger partial charge is 0.481 e. The standard InChI is InChI=1S/C10H14O7/c1-2-3-4-6(8(13)14)10(17,9(15)16)5-7(11)12/h3-4,6,17H,2,5H2,1H3,(H,11,12)(H,13,14)(H,15,16)/b4-3-. The molecule has 2 unspecified atom stereocenters. The highest BCUT2D eigenvalue weighted by molar-refractivity contribution is 5.90. The first kappa shape index (κ1) is 15.1. The van der Waals surface area contributed by atoms with Crippen LogP contribution in [0.2, 0.25) is 0 Å². The summed E-state index contributed by atoms with van der Waals surface area (Å²) in [5.74, 6) is -6.88. The Morgan fingerprint density at radius 2 is 1.76 bits per heavy atom. The normalized spacial score (nSPS) is 16.4. The lowest BCUT2D eigenvalue weighted by atomic mass is 9.84. The number of allylic oxidation sites excluding steroid dienone is 1. The highest BCUT2D eigenvalue weighted by Crippen LogP contribution is 2.24. The van der Waals surface area contributed by atoms with E-state index < -0.39 is 35.8 Å². The van der Waals surface area contributed by atoms with E-state index in [9.17, 15) is 19.5 Å². The Kier molecular flexibility index (Phi) is 5.33. The zero-order valence-electron chi connectivity index (χ0n) is 9.16. The Bertz CT molecular complexity index is 347. The van der Waals surface area contributed by atoms with E-state index >= 15 is 0 Å². The van der Waals surface area contributed by atoms with Crippen molar-refractivity contribution in [3.8, 4) is 0 Å². The lowest BCUT2D eigenvalue weighted by molar-refractivity contribution is -0.175. The molecule has 0 aromatic carbocycles. The number of carboxylic acid groups (broad SMARTS) is 3. The Hall–Kier alpha value is -1.89. The molecule has 0 fully saturated rings. The van der Waals surface area contributed by atoms with Crippen LogP contribution in [-0.2, 0) is 14.4 Å². The Morgan fingerprint density at radius 1 is 1.24 bits per heavy atom. The molecule has 0 rings (SSSR count). The molecule has 4 N–H and O–H groups in total. The van der Waals surface area contributed by atoms with Gasteiger partial charge in [0.2, 0.25) is 0 Å². The minimum Gasteiger partial charge on any atom is -0.481 e. The highest BCUT2D eigenvalue weighted by Gasteiger charge is 2.48. The molecule has 0 aliphatic carbocycles. The van der Waals surface area contributed by atoms with Crippen LogP contribution in [-0.4, -0.2) is 43.9 Å². The van der Waals surface area contributed by atoms with Crippen LogP contribution in [0.15, 0.2) is 12.2 Å². The van der Waals surface area contributed by atoms with Crippen molar-refractivity contribution in [2.24, 2.45) is 5.92 Å². The summed E-state index contributed by atoms with van der Waals surface area (Å²) in [5, 5.41) is 35.8. The molecule has 0 radical (unpaired) electrons. The predicted molar refractivity (Wildman–Crippen MR) is 55.4 cm³/mol. The molecule has 0 bridgehead atoms. The molecule has 7 heteroatoms. The van der Waals surface area contributed by atoms with Gasteiger partial charge in [0.25, 0.3) is 0 Å². The second-order valence-electron chi connectivity index (χ2n) is 3.45. The topological polar surface area (TPSA) is 132 Å². The van der Waals surface area contributed by atoms with Crippen molar-refractivity contribution < 1.29 is 34.8 Å². The van der Waals surface area contributed by atoms with Gasteiger partial charge in [-0.25, -0.2) is 4.79 Å². The summed E-state index contributed by atoms with van der Waals surface area (Å²) in [6.07, 6.45) is 1.59. The fraction of sp³-hybridized carbons (Fsp3) is 0.500. The van der Waals surface area contributed by atoms with Gasteiger partial charge in [0.1, 0.15) is 5.92 Å². The van der Waals surface area contributed by atoms with Crippen molar-refractivity contribution in [2.45, 2.75) is 25.4 Å². The quantitative estimate of drug-likeness (QED) is 0.462. The minimum absolute atomic E-state index is 0.437. The van der Waals surface area contributed by atoms with E-state index in [1.54, 1.807) is 6.92 Å². The van der Waals surface area contributed by atoms with Crippen LogP contribution in [0.1, 0.15) is 19.8 Å². The van der Waals surface area contributed by atoms with Gasteiger partial charge in [-0.3, -0.25) is 9.59 Å². The molecular weight excluding hydrogens is 232 g/mol. The molecule has 0 heterocycles. The average Bonchev–Trinajstić information content (AvgIpc) is 2.16. The maximum Gasteiger partial charge on any atom is 0.337 e. The number of hydrogen-bond donors (Lipinski definition) is 4. The maximum absolute atomic E-state index is 10.9. The third-order valence-corrected chi connectivity index (χ3v) is 2.14. The van der Waals surface area contributed by atoms with Crippen molar-refractivity contribution in [3.63, 3.8) is 0 Å². The summed E-state index contributed by atoms with van der Waals surface area (Å²) in [6, 6.07) is 0. The highest BCUT2D eigenvalue weighted by atomic mass is 16.4. The summed E-state index contributed by atoms with van der Waals surface area (Å²) in [6.45, 7) is 1.69. The number of carbonyl (C=O) groups is 3. The predicted octanol–water partition coefficient (Wildman–Crippen LogP) is -0.0562. The van der Waals surface area contributed by atoms with E-state index in [2.05, 4.69) is 0 Å². The van der Waals surface area contributed by atoms with Gasteiger partial charge in [0, 0.05) is 0 Å². The third kappa shape index (κ3) is 3.87. The molecule has 0 saturated heterocycles. The van der Waals surface area contributed by atoms with Gasteiger partial charge in [0.15, 0.2) is 5.60 Å². The second kappa shape index (κ2) is 6.00. The molecule has 0 saturated carbocycles. The fourth-order valence-corrected chi connectivity index (χ4v) is 1.27. The van der Waals surface area contributed by atoms with Crippen molar-refractivity contribution >= 4 is 17.9 Å². The zero-order chi connectivity index (χ0) is 13.6. The zero-order valence-corrected chi connectivity index (χ0v) is 9.16. The van der Waals surface area contributed by atoms with Crippen molar-refractivity contribution in [3.05, 3.63) is 12.2 Å². The molecule has 0 aliphatic heterocycles. The van der Waals surface area contributed by atoms with E-state index in [0.29, 0.717) is 6.42 Å². The third-order valence-electron chi connectivity index (χ3n) is 2.14. The van der Waals surface area contributed by atoms with Crippen LogP contribution in [0.25, 0.3) is 0 Å². The molecule has 0 spiro atoms. The monoisotopic (exact) mass is 246 g/mol. The molecule has 0 aromatic heterocycles. The Labute approximate surface area is 97.0 Å². The molecule has 17 heavy (non-hydrogen) atoms. The van der Waals surface area contributed by atoms with Crippen LogP contribution >= 0.6 is 0 Å². The lowest BCUT2D eigenvalue weighted by Crippen LogP contribution is -2.50. The van der Waals surface area contributed by atoms with Gasteiger partial charge in [-0.1, -0.05) is 19.1 Å². The number of hydrogen-bond acceptors (Lipinski definition) is 4. The van der Waals surface area contributed by atoms with Crippen LogP contribution in [0.5, 0.6) is 0 Å². The van der Waals surface area contributed by atoms with Crippen LogP contribution in [0, 0.1) is 5.92 Å². The van der Waals surface area contributed by atoms with E-state index in [-0.39, 0.29) is 0 Å². The summed E-state index contributed by atoms with van der Waals surface area (Å²) in [5.41, 5.74) is -2.86. The Balaban J connectivity index is 5.36. The van der Waals surface area contributed by atoms with Gasteiger partial charge in [0.05, 0.1) is 6.42 Å². The lowest BCUT2D eigenvalue weighted by Gasteiger charge is -2.26. The van der Waals surface area contributed by atoms with Gasteiger partial charge in [-0.2, -0.15) is 0 Å². The molecule has 7 nitrogen and oxygen atoms in total.